The van der Waals surface area contributed by atoms with Gasteiger partial charge in [-0.05, 0) is 44.9 Å². The van der Waals surface area contributed by atoms with Crippen LogP contribution in [0, 0.1) is 13.8 Å². The van der Waals surface area contributed by atoms with Crippen molar-refractivity contribution in [3.8, 4) is 0 Å². The van der Waals surface area contributed by atoms with Gasteiger partial charge in [-0.2, -0.15) is 16.1 Å². The van der Waals surface area contributed by atoms with Gasteiger partial charge >= 0.3 is 0 Å². The Bertz CT molecular complexity index is 614. The monoisotopic (exact) mass is 361 g/mol. The summed E-state index contributed by atoms with van der Waals surface area (Å²) in [5.41, 5.74) is 0. The van der Waals surface area contributed by atoms with Crippen LogP contribution in [0.5, 0.6) is 0 Å². The second kappa shape index (κ2) is 6.81. The highest BCUT2D eigenvalue weighted by Crippen LogP contribution is 2.33. The molecule has 0 radical (unpaired) electrons. The average molecular weight is 362 g/mol. The Kier molecular flexibility index (Phi) is 5.19. The van der Waals surface area contributed by atoms with E-state index in [4.69, 9.17) is 4.74 Å². The van der Waals surface area contributed by atoms with Gasteiger partial charge in [0.1, 0.15) is 0 Å². The fraction of sp³-hybridized carbons (Fsp3) is 0.733. The van der Waals surface area contributed by atoms with Gasteiger partial charge in [-0.25, -0.2) is 8.42 Å². The smallest absolute Gasteiger partial charge is 0.244 e. The Morgan fingerprint density at radius 3 is 2.73 bits per heavy atom. The lowest BCUT2D eigenvalue weighted by atomic mass is 10.2. The van der Waals surface area contributed by atoms with E-state index in [1.807, 2.05) is 31.7 Å². The topological polar surface area (TPSA) is 46.6 Å². The molecule has 2 aliphatic heterocycles. The number of sulfonamides is 1. The van der Waals surface area contributed by atoms with Gasteiger partial charge in [0.2, 0.25) is 10.0 Å². The van der Waals surface area contributed by atoms with Crippen LogP contribution < -0.4 is 0 Å². The van der Waals surface area contributed by atoms with Gasteiger partial charge < -0.3 is 4.74 Å². The maximum Gasteiger partial charge on any atom is 0.244 e. The van der Waals surface area contributed by atoms with Gasteiger partial charge in [0, 0.05) is 34.7 Å². The summed E-state index contributed by atoms with van der Waals surface area (Å²) in [6.07, 6.45) is 3.00. The van der Waals surface area contributed by atoms with Crippen molar-refractivity contribution in [3.05, 3.63) is 15.8 Å². The molecule has 124 valence electrons. The van der Waals surface area contributed by atoms with Crippen LogP contribution in [0.1, 0.15) is 29.0 Å². The van der Waals surface area contributed by atoms with Crippen molar-refractivity contribution in [1.29, 1.82) is 0 Å². The molecule has 2 saturated heterocycles. The van der Waals surface area contributed by atoms with Gasteiger partial charge in [0.25, 0.3) is 0 Å². The molecule has 1 aromatic heterocycles. The van der Waals surface area contributed by atoms with E-state index in [0.29, 0.717) is 11.4 Å². The second-order valence-corrected chi connectivity index (χ2v) is 10.5. The lowest BCUT2D eigenvalue weighted by molar-refractivity contribution is 0.0877. The third-order valence-corrected chi connectivity index (χ3v) is 8.59. The van der Waals surface area contributed by atoms with E-state index in [9.17, 15) is 8.42 Å². The van der Waals surface area contributed by atoms with Crippen molar-refractivity contribution in [2.24, 2.45) is 0 Å². The first-order valence-corrected chi connectivity index (χ1v) is 11.2. The molecule has 0 saturated carbocycles. The van der Waals surface area contributed by atoms with Crippen LogP contribution in [0.4, 0.5) is 0 Å². The summed E-state index contributed by atoms with van der Waals surface area (Å²) >= 11 is 3.40. The number of rotatable bonds is 5. The molecule has 7 heteroatoms. The average Bonchev–Trinajstić information content (AvgIpc) is 3.17. The number of hydrogen-bond acceptors (Lipinski definition) is 5. The molecule has 2 unspecified atom stereocenters. The predicted molar refractivity (Wildman–Crippen MR) is 92.4 cm³/mol. The predicted octanol–water partition coefficient (Wildman–Crippen LogP) is 3.04. The number of thiophene rings is 1. The highest BCUT2D eigenvalue weighted by molar-refractivity contribution is 7.99. The molecule has 4 nitrogen and oxygen atoms in total. The zero-order valence-corrected chi connectivity index (χ0v) is 15.5. The third kappa shape index (κ3) is 3.38. The quantitative estimate of drug-likeness (QED) is 0.809. The summed E-state index contributed by atoms with van der Waals surface area (Å²) in [6, 6.07) is 1.93. The minimum atomic E-state index is -3.43. The zero-order chi connectivity index (χ0) is 15.7. The maximum atomic E-state index is 13.2. The van der Waals surface area contributed by atoms with Gasteiger partial charge in [-0.15, -0.1) is 11.3 Å². The van der Waals surface area contributed by atoms with Crippen molar-refractivity contribution < 1.29 is 13.2 Å². The molecule has 22 heavy (non-hydrogen) atoms. The first kappa shape index (κ1) is 16.8. The minimum absolute atomic E-state index is 0.0559. The molecular weight excluding hydrogens is 338 g/mol. The van der Waals surface area contributed by atoms with E-state index in [0.717, 1.165) is 47.1 Å². The van der Waals surface area contributed by atoms with E-state index in [2.05, 4.69) is 0 Å². The summed E-state index contributed by atoms with van der Waals surface area (Å²) in [6.45, 7) is 5.13. The molecular formula is C15H23NO3S3. The van der Waals surface area contributed by atoms with Crippen LogP contribution in [0.2, 0.25) is 0 Å². The van der Waals surface area contributed by atoms with Gasteiger partial charge in [0.05, 0.1) is 11.0 Å². The molecule has 0 amide bonds. The molecule has 0 aromatic carbocycles. The van der Waals surface area contributed by atoms with E-state index < -0.39 is 10.0 Å². The number of aryl methyl sites for hydroxylation is 2. The van der Waals surface area contributed by atoms with E-state index in [-0.39, 0.29) is 12.1 Å². The molecule has 0 bridgehead atoms. The molecule has 2 atom stereocenters. The number of ether oxygens (including phenoxy) is 1. The summed E-state index contributed by atoms with van der Waals surface area (Å²) < 4.78 is 33.9. The molecule has 2 aliphatic rings. The fourth-order valence-electron chi connectivity index (χ4n) is 3.17. The first-order chi connectivity index (χ1) is 10.5. The lowest BCUT2D eigenvalue weighted by Crippen LogP contribution is -2.44. The van der Waals surface area contributed by atoms with E-state index >= 15 is 0 Å². The van der Waals surface area contributed by atoms with E-state index in [1.54, 1.807) is 15.6 Å². The normalized spacial score (nSPS) is 26.1. The number of thioether (sulfide) groups is 1. The lowest BCUT2D eigenvalue weighted by Gasteiger charge is -2.29. The highest BCUT2D eigenvalue weighted by Gasteiger charge is 2.37. The standard InChI is InChI=1S/C15H23NO3S3/c1-11-8-15(12(2)21-11)22(17,18)16(13-5-7-20-10-13)9-14-4-3-6-19-14/h8,13-14H,3-7,9-10H2,1-2H3. The Morgan fingerprint density at radius 2 is 2.18 bits per heavy atom. The summed E-state index contributed by atoms with van der Waals surface area (Å²) in [4.78, 5) is 2.43. The third-order valence-electron chi connectivity index (χ3n) is 4.30. The SMILES string of the molecule is Cc1cc(S(=O)(=O)N(CC2CCCO2)C2CCSC2)c(C)s1. The molecule has 0 aliphatic carbocycles. The zero-order valence-electron chi connectivity index (χ0n) is 13.1. The highest BCUT2D eigenvalue weighted by atomic mass is 32.2. The van der Waals surface area contributed by atoms with Gasteiger partial charge in [-0.1, -0.05) is 0 Å². The van der Waals surface area contributed by atoms with Crippen molar-refractivity contribution in [2.45, 2.75) is 50.2 Å². The summed E-state index contributed by atoms with van der Waals surface area (Å²) in [5, 5.41) is 0. The Morgan fingerprint density at radius 1 is 1.36 bits per heavy atom. The summed E-state index contributed by atoms with van der Waals surface area (Å²) in [5.74, 6) is 1.94. The second-order valence-electron chi connectivity index (χ2n) is 6.00. The molecule has 0 N–H and O–H groups in total. The van der Waals surface area contributed by atoms with Crippen LogP contribution in [-0.2, 0) is 14.8 Å². The summed E-state index contributed by atoms with van der Waals surface area (Å²) in [7, 11) is -3.43. The van der Waals surface area contributed by atoms with Crippen LogP contribution >= 0.6 is 23.1 Å². The number of hydrogen-bond donors (Lipinski definition) is 0. The van der Waals surface area contributed by atoms with Crippen molar-refractivity contribution in [1.82, 2.24) is 4.31 Å². The van der Waals surface area contributed by atoms with Crippen LogP contribution in [-0.4, -0.2) is 49.5 Å². The minimum Gasteiger partial charge on any atom is -0.377 e. The molecule has 3 heterocycles. The first-order valence-electron chi connectivity index (χ1n) is 7.76. The molecule has 0 spiro atoms. The molecule has 1 aromatic rings. The van der Waals surface area contributed by atoms with E-state index in [1.165, 1.54) is 0 Å². The van der Waals surface area contributed by atoms with Crippen molar-refractivity contribution in [3.63, 3.8) is 0 Å². The Labute approximate surface area is 141 Å². The van der Waals surface area contributed by atoms with Crippen LogP contribution in [0.25, 0.3) is 0 Å². The van der Waals surface area contributed by atoms with Crippen molar-refractivity contribution >= 4 is 33.1 Å². The molecule has 2 fully saturated rings. The Balaban J connectivity index is 1.90. The fourth-order valence-corrected chi connectivity index (χ4v) is 7.70. The van der Waals surface area contributed by atoms with Crippen LogP contribution in [0.3, 0.4) is 0 Å². The Hall–Kier alpha value is -0.0800. The van der Waals surface area contributed by atoms with Gasteiger partial charge in [-0.3, -0.25) is 0 Å². The van der Waals surface area contributed by atoms with Crippen molar-refractivity contribution in [2.75, 3.05) is 24.7 Å². The van der Waals surface area contributed by atoms with Crippen LogP contribution in [0.15, 0.2) is 11.0 Å². The number of nitrogens with zero attached hydrogens (tertiary/aromatic N) is 1. The van der Waals surface area contributed by atoms with Gasteiger partial charge in [0.15, 0.2) is 0 Å². The largest absolute Gasteiger partial charge is 0.377 e. The molecule has 3 rings (SSSR count). The maximum absolute atomic E-state index is 13.2.